The van der Waals surface area contributed by atoms with Crippen LogP contribution in [0.1, 0.15) is 45.9 Å². The van der Waals surface area contributed by atoms with Crippen molar-refractivity contribution in [1.29, 1.82) is 0 Å². The van der Waals surface area contributed by atoms with Crippen molar-refractivity contribution in [3.63, 3.8) is 0 Å². The summed E-state index contributed by atoms with van der Waals surface area (Å²) in [5.41, 5.74) is 5.86. The third-order valence-electron chi connectivity index (χ3n) is 6.32. The Hall–Kier alpha value is -3.68. The van der Waals surface area contributed by atoms with E-state index >= 15 is 0 Å². The van der Waals surface area contributed by atoms with Crippen molar-refractivity contribution in [2.75, 3.05) is 26.2 Å². The molecule has 2 aromatic rings. The van der Waals surface area contributed by atoms with Crippen LogP contribution in [-0.4, -0.2) is 60.0 Å². The minimum absolute atomic E-state index is 0.0359. The lowest BCUT2D eigenvalue weighted by molar-refractivity contribution is -0.134. The fraction of sp³-hybridized carbons (Fsp3) is 0.360. The van der Waals surface area contributed by atoms with Crippen LogP contribution in [0.2, 0.25) is 0 Å². The van der Waals surface area contributed by atoms with E-state index in [0.29, 0.717) is 37.6 Å². The van der Waals surface area contributed by atoms with Gasteiger partial charge in [-0.25, -0.2) is 0 Å². The molecule has 8 nitrogen and oxygen atoms in total. The Morgan fingerprint density at radius 2 is 1.79 bits per heavy atom. The van der Waals surface area contributed by atoms with Crippen molar-refractivity contribution in [2.45, 2.75) is 25.5 Å². The third kappa shape index (κ3) is 4.46. The van der Waals surface area contributed by atoms with Gasteiger partial charge in [-0.3, -0.25) is 15.0 Å². The molecule has 2 amide bonds. The zero-order valence-electron chi connectivity index (χ0n) is 18.3. The molecular formula is C25H26N4O4. The van der Waals surface area contributed by atoms with Crippen LogP contribution in [0.3, 0.4) is 0 Å². The Morgan fingerprint density at radius 3 is 2.55 bits per heavy atom. The number of aldehydes is 1. The number of hydrazone groups is 1. The second kappa shape index (κ2) is 9.05. The van der Waals surface area contributed by atoms with E-state index in [9.17, 15) is 14.4 Å². The first-order chi connectivity index (χ1) is 16.1. The molecule has 1 saturated carbocycles. The summed E-state index contributed by atoms with van der Waals surface area (Å²) in [7, 11) is 0. The van der Waals surface area contributed by atoms with Crippen LogP contribution in [0.25, 0.3) is 0 Å². The van der Waals surface area contributed by atoms with Crippen LogP contribution in [0, 0.1) is 5.92 Å². The molecule has 170 valence electrons. The van der Waals surface area contributed by atoms with E-state index in [0.717, 1.165) is 35.8 Å². The second-order valence-corrected chi connectivity index (χ2v) is 8.63. The predicted molar refractivity (Wildman–Crippen MR) is 121 cm³/mol. The van der Waals surface area contributed by atoms with Crippen LogP contribution in [0.15, 0.2) is 53.6 Å². The molecule has 2 aromatic carbocycles. The smallest absolute Gasteiger partial charge is 0.253 e. The van der Waals surface area contributed by atoms with Crippen molar-refractivity contribution in [2.24, 2.45) is 11.0 Å². The fourth-order valence-electron chi connectivity index (χ4n) is 4.28. The van der Waals surface area contributed by atoms with Crippen molar-refractivity contribution in [1.82, 2.24) is 15.2 Å². The molecule has 1 N–H and O–H groups in total. The molecule has 2 fully saturated rings. The molecule has 1 unspecified atom stereocenters. The average Bonchev–Trinajstić information content (AvgIpc) is 3.72. The second-order valence-electron chi connectivity index (χ2n) is 8.63. The topological polar surface area (TPSA) is 91.3 Å². The first-order valence-electron chi connectivity index (χ1n) is 11.3. The van der Waals surface area contributed by atoms with Gasteiger partial charge >= 0.3 is 0 Å². The van der Waals surface area contributed by atoms with Crippen LogP contribution < -0.4 is 5.43 Å². The summed E-state index contributed by atoms with van der Waals surface area (Å²) >= 11 is 0. The number of benzene rings is 2. The number of hydrogen-bond donors (Lipinski definition) is 1. The Bertz CT molecular complexity index is 1100. The Balaban J connectivity index is 1.21. The van der Waals surface area contributed by atoms with Gasteiger partial charge in [-0.05, 0) is 42.2 Å². The molecule has 5 rings (SSSR count). The molecule has 1 saturated heterocycles. The number of piperazine rings is 1. The van der Waals surface area contributed by atoms with E-state index in [-0.39, 0.29) is 24.3 Å². The van der Waals surface area contributed by atoms with Crippen LogP contribution >= 0.6 is 0 Å². The van der Waals surface area contributed by atoms with Gasteiger partial charge in [-0.15, -0.1) is 5.10 Å². The van der Waals surface area contributed by atoms with Crippen LogP contribution in [0.4, 0.5) is 0 Å². The van der Waals surface area contributed by atoms with E-state index in [2.05, 4.69) is 10.5 Å². The summed E-state index contributed by atoms with van der Waals surface area (Å²) in [4.78, 5) is 40.3. The highest BCUT2D eigenvalue weighted by atomic mass is 16.5. The maximum absolute atomic E-state index is 13.0. The zero-order chi connectivity index (χ0) is 22.8. The first kappa shape index (κ1) is 21.2. The highest BCUT2D eigenvalue weighted by Crippen LogP contribution is 2.31. The molecule has 0 aromatic heterocycles. The molecule has 3 aliphatic rings. The van der Waals surface area contributed by atoms with Gasteiger partial charge < -0.3 is 19.3 Å². The number of carbonyl (C=O) groups excluding carboxylic acids is 3. The van der Waals surface area contributed by atoms with Gasteiger partial charge in [0, 0.05) is 43.2 Å². The number of ether oxygens (including phenoxy) is 1. The van der Waals surface area contributed by atoms with E-state index in [1.807, 2.05) is 52.3 Å². The van der Waals surface area contributed by atoms with Crippen LogP contribution in [-0.2, 0) is 20.9 Å². The number of carbonyl (C=O) groups is 3. The maximum Gasteiger partial charge on any atom is 0.253 e. The zero-order valence-corrected chi connectivity index (χ0v) is 18.3. The Labute approximate surface area is 192 Å². The lowest BCUT2D eigenvalue weighted by atomic mass is 10.0. The Morgan fingerprint density at radius 1 is 1.03 bits per heavy atom. The maximum atomic E-state index is 13.0. The molecule has 1 aliphatic carbocycles. The third-order valence-corrected chi connectivity index (χ3v) is 6.32. The molecule has 2 aliphatic heterocycles. The monoisotopic (exact) mass is 446 g/mol. The Kier molecular flexibility index (Phi) is 5.81. The minimum atomic E-state index is -0.491. The normalized spacial score (nSPS) is 19.8. The predicted octanol–water partition coefficient (Wildman–Crippen LogP) is 2.10. The van der Waals surface area contributed by atoms with Crippen molar-refractivity contribution in [3.8, 4) is 0 Å². The largest absolute Gasteiger partial charge is 0.471 e. The number of hydrogen-bond acceptors (Lipinski definition) is 6. The molecular weight excluding hydrogens is 420 g/mol. The standard InChI is InChI=1S/C25H26N4O4/c30-15-22-20-6-1-2-7-21(20)23(27-26-22)33-16-17-4-3-5-19(14-17)25(32)29-12-10-28(11-13-29)24(31)18-8-9-18/h1-7,14-15,18,22,26H,8-13,16H2. The molecule has 2 heterocycles. The van der Waals surface area contributed by atoms with Gasteiger partial charge in [0.1, 0.15) is 18.9 Å². The SMILES string of the molecule is O=CC1NN=C(OCc2cccc(C(=O)N3CCN(C(=O)C4CC4)CC3)c2)c2ccccc21. The molecule has 1 atom stereocenters. The fourth-order valence-corrected chi connectivity index (χ4v) is 4.28. The van der Waals surface area contributed by atoms with Gasteiger partial charge in [0.15, 0.2) is 0 Å². The number of nitrogens with zero attached hydrogens (tertiary/aromatic N) is 3. The minimum Gasteiger partial charge on any atom is -0.471 e. The van der Waals surface area contributed by atoms with E-state index in [4.69, 9.17) is 4.74 Å². The quantitative estimate of drug-likeness (QED) is 0.711. The van der Waals surface area contributed by atoms with E-state index in [1.54, 1.807) is 6.07 Å². The summed E-state index contributed by atoms with van der Waals surface area (Å²) in [5, 5.41) is 4.21. The van der Waals surface area contributed by atoms with Gasteiger partial charge in [0.25, 0.3) is 5.91 Å². The number of rotatable bonds is 5. The summed E-state index contributed by atoms with van der Waals surface area (Å²) in [6.45, 7) is 2.53. The number of amides is 2. The van der Waals surface area contributed by atoms with Crippen molar-refractivity contribution < 1.29 is 19.1 Å². The molecule has 0 bridgehead atoms. The first-order valence-corrected chi connectivity index (χ1v) is 11.3. The van der Waals surface area contributed by atoms with Gasteiger partial charge in [0.05, 0.1) is 0 Å². The van der Waals surface area contributed by atoms with E-state index < -0.39 is 6.04 Å². The summed E-state index contributed by atoms with van der Waals surface area (Å²) in [5.74, 6) is 0.828. The highest BCUT2D eigenvalue weighted by Gasteiger charge is 2.35. The molecule has 8 heteroatoms. The van der Waals surface area contributed by atoms with Gasteiger partial charge in [0.2, 0.25) is 11.8 Å². The highest BCUT2D eigenvalue weighted by molar-refractivity contribution is 5.97. The summed E-state index contributed by atoms with van der Waals surface area (Å²) in [6, 6.07) is 14.4. The van der Waals surface area contributed by atoms with Gasteiger partial charge in [-0.1, -0.05) is 30.3 Å². The van der Waals surface area contributed by atoms with Crippen LogP contribution in [0.5, 0.6) is 0 Å². The average molecular weight is 447 g/mol. The lowest BCUT2D eigenvalue weighted by Gasteiger charge is -2.35. The van der Waals surface area contributed by atoms with Crippen molar-refractivity contribution in [3.05, 3.63) is 70.8 Å². The number of fused-ring (bicyclic) bond motifs is 1. The van der Waals surface area contributed by atoms with Crippen molar-refractivity contribution >= 4 is 24.0 Å². The van der Waals surface area contributed by atoms with E-state index in [1.165, 1.54) is 0 Å². The lowest BCUT2D eigenvalue weighted by Crippen LogP contribution is -2.51. The summed E-state index contributed by atoms with van der Waals surface area (Å²) < 4.78 is 5.94. The molecule has 33 heavy (non-hydrogen) atoms. The summed E-state index contributed by atoms with van der Waals surface area (Å²) in [6.07, 6.45) is 2.81. The van der Waals surface area contributed by atoms with Gasteiger partial charge in [-0.2, -0.15) is 0 Å². The molecule has 0 spiro atoms. The molecule has 0 radical (unpaired) electrons. The number of nitrogens with one attached hydrogen (secondary N) is 1.